The molecular weight excluding hydrogens is 294 g/mol. The van der Waals surface area contributed by atoms with E-state index in [0.717, 1.165) is 25.8 Å². The third-order valence-corrected chi connectivity index (χ3v) is 5.43. The van der Waals surface area contributed by atoms with Gasteiger partial charge in [-0.3, -0.25) is 4.79 Å². The van der Waals surface area contributed by atoms with E-state index in [0.29, 0.717) is 5.91 Å². The fraction of sp³-hybridized carbons (Fsp3) is 0.409. The SMILES string of the molecule is Cc1cccc(C)c1C[C@@H]1CCCN([C@@H](C)c2ccccc2)C1=O. The van der Waals surface area contributed by atoms with E-state index in [2.05, 4.69) is 68.1 Å². The van der Waals surface area contributed by atoms with Crippen LogP contribution in [0.3, 0.4) is 0 Å². The third-order valence-electron chi connectivity index (χ3n) is 5.43. The van der Waals surface area contributed by atoms with Crippen LogP contribution in [-0.2, 0) is 11.2 Å². The standard InChI is InChI=1S/C22H27NO/c1-16-9-7-10-17(2)21(16)15-20-13-8-14-23(22(20)24)18(3)19-11-5-4-6-12-19/h4-7,9-12,18,20H,8,13-15H2,1-3H3/t18-,20-/m0/s1. The first-order chi connectivity index (χ1) is 11.6. The lowest BCUT2D eigenvalue weighted by Gasteiger charge is -2.37. The van der Waals surface area contributed by atoms with Gasteiger partial charge in [-0.25, -0.2) is 0 Å². The summed E-state index contributed by atoms with van der Waals surface area (Å²) < 4.78 is 0. The second kappa shape index (κ2) is 7.21. The number of hydrogen-bond donors (Lipinski definition) is 0. The van der Waals surface area contributed by atoms with Crippen LogP contribution >= 0.6 is 0 Å². The van der Waals surface area contributed by atoms with E-state index in [1.165, 1.54) is 22.3 Å². The Morgan fingerprint density at radius 3 is 2.38 bits per heavy atom. The Bertz CT molecular complexity index is 687. The third kappa shape index (κ3) is 3.38. The van der Waals surface area contributed by atoms with Crippen LogP contribution in [0, 0.1) is 19.8 Å². The molecule has 2 heteroatoms. The zero-order valence-electron chi connectivity index (χ0n) is 15.0. The van der Waals surface area contributed by atoms with Gasteiger partial charge in [-0.15, -0.1) is 0 Å². The molecule has 0 spiro atoms. The number of hydrogen-bond acceptors (Lipinski definition) is 1. The second-order valence-corrected chi connectivity index (χ2v) is 7.03. The number of likely N-dealkylation sites (tertiary alicyclic amines) is 1. The van der Waals surface area contributed by atoms with Gasteiger partial charge in [-0.2, -0.15) is 0 Å². The maximum absolute atomic E-state index is 13.1. The number of carbonyl (C=O) groups excluding carboxylic acids is 1. The Balaban J connectivity index is 1.78. The van der Waals surface area contributed by atoms with Gasteiger partial charge in [0.1, 0.15) is 0 Å². The highest BCUT2D eigenvalue weighted by molar-refractivity contribution is 5.80. The minimum absolute atomic E-state index is 0.115. The van der Waals surface area contributed by atoms with E-state index >= 15 is 0 Å². The summed E-state index contributed by atoms with van der Waals surface area (Å²) in [7, 11) is 0. The maximum atomic E-state index is 13.1. The molecule has 2 atom stereocenters. The van der Waals surface area contributed by atoms with Gasteiger partial charge in [0.2, 0.25) is 5.91 Å². The summed E-state index contributed by atoms with van der Waals surface area (Å²) in [5.41, 5.74) is 5.18. The van der Waals surface area contributed by atoms with Crippen molar-refractivity contribution in [1.29, 1.82) is 0 Å². The molecule has 1 aliphatic rings. The number of aryl methyl sites for hydroxylation is 2. The van der Waals surface area contributed by atoms with Crippen LogP contribution in [0.4, 0.5) is 0 Å². The van der Waals surface area contributed by atoms with E-state index in [1.807, 2.05) is 6.07 Å². The summed E-state index contributed by atoms with van der Waals surface area (Å²) in [4.78, 5) is 15.2. The Labute approximate surface area is 145 Å². The molecule has 24 heavy (non-hydrogen) atoms. The van der Waals surface area contributed by atoms with E-state index in [4.69, 9.17) is 0 Å². The lowest BCUT2D eigenvalue weighted by atomic mass is 9.86. The first-order valence-corrected chi connectivity index (χ1v) is 8.98. The van der Waals surface area contributed by atoms with Gasteiger partial charge in [0.15, 0.2) is 0 Å². The molecule has 0 N–H and O–H groups in total. The van der Waals surface area contributed by atoms with Gasteiger partial charge in [0, 0.05) is 12.5 Å². The summed E-state index contributed by atoms with van der Waals surface area (Å²) in [5.74, 6) is 0.435. The Kier molecular flexibility index (Phi) is 5.03. The van der Waals surface area contributed by atoms with Crippen LogP contribution in [0.1, 0.15) is 48.1 Å². The average Bonchev–Trinajstić information content (AvgIpc) is 2.60. The summed E-state index contributed by atoms with van der Waals surface area (Å²) in [6, 6.07) is 16.9. The second-order valence-electron chi connectivity index (χ2n) is 7.03. The van der Waals surface area contributed by atoms with Gasteiger partial charge in [-0.1, -0.05) is 48.5 Å². The zero-order chi connectivity index (χ0) is 17.1. The van der Waals surface area contributed by atoms with E-state index in [1.54, 1.807) is 0 Å². The van der Waals surface area contributed by atoms with Crippen LogP contribution in [-0.4, -0.2) is 17.4 Å². The van der Waals surface area contributed by atoms with Crippen LogP contribution < -0.4 is 0 Å². The molecule has 3 rings (SSSR count). The van der Waals surface area contributed by atoms with Crippen LogP contribution in [0.5, 0.6) is 0 Å². The molecule has 126 valence electrons. The van der Waals surface area contributed by atoms with Gasteiger partial charge < -0.3 is 4.90 Å². The number of rotatable bonds is 4. The number of amides is 1. The predicted octanol–water partition coefficient (Wildman–Crippen LogP) is 4.85. The van der Waals surface area contributed by atoms with Crippen molar-refractivity contribution in [3.63, 3.8) is 0 Å². The van der Waals surface area contributed by atoms with Crippen molar-refractivity contribution in [1.82, 2.24) is 4.90 Å². The zero-order valence-corrected chi connectivity index (χ0v) is 15.0. The van der Waals surface area contributed by atoms with E-state index in [-0.39, 0.29) is 12.0 Å². The van der Waals surface area contributed by atoms with Crippen LogP contribution in [0.2, 0.25) is 0 Å². The van der Waals surface area contributed by atoms with Gasteiger partial charge in [0.25, 0.3) is 0 Å². The molecule has 2 aromatic rings. The molecular formula is C22H27NO. The number of piperidine rings is 1. The maximum Gasteiger partial charge on any atom is 0.226 e. The largest absolute Gasteiger partial charge is 0.336 e. The topological polar surface area (TPSA) is 20.3 Å². The summed E-state index contributed by atoms with van der Waals surface area (Å²) >= 11 is 0. The molecule has 1 aliphatic heterocycles. The molecule has 0 saturated carbocycles. The first kappa shape index (κ1) is 16.8. The summed E-state index contributed by atoms with van der Waals surface area (Å²) in [5, 5.41) is 0. The van der Waals surface area contributed by atoms with Gasteiger partial charge in [0.05, 0.1) is 6.04 Å². The minimum Gasteiger partial charge on any atom is -0.336 e. The molecule has 1 fully saturated rings. The molecule has 0 radical (unpaired) electrons. The van der Waals surface area contributed by atoms with Crippen molar-refractivity contribution in [2.24, 2.45) is 5.92 Å². The normalized spacial score (nSPS) is 19.4. The average molecular weight is 321 g/mol. The number of nitrogens with zero attached hydrogens (tertiary/aromatic N) is 1. The highest BCUT2D eigenvalue weighted by Crippen LogP contribution is 2.30. The molecule has 1 amide bonds. The van der Waals surface area contributed by atoms with Crippen molar-refractivity contribution in [2.75, 3.05) is 6.54 Å². The monoisotopic (exact) mass is 321 g/mol. The van der Waals surface area contributed by atoms with Crippen LogP contribution in [0.25, 0.3) is 0 Å². The molecule has 2 aromatic carbocycles. The molecule has 1 saturated heterocycles. The smallest absolute Gasteiger partial charge is 0.226 e. The molecule has 2 nitrogen and oxygen atoms in total. The van der Waals surface area contributed by atoms with Crippen molar-refractivity contribution in [3.05, 3.63) is 70.8 Å². The predicted molar refractivity (Wildman–Crippen MR) is 98.9 cm³/mol. The quantitative estimate of drug-likeness (QED) is 0.788. The summed E-state index contributed by atoms with van der Waals surface area (Å²) in [6.45, 7) is 7.33. The highest BCUT2D eigenvalue weighted by atomic mass is 16.2. The fourth-order valence-electron chi connectivity index (χ4n) is 3.88. The van der Waals surface area contributed by atoms with Crippen molar-refractivity contribution < 1.29 is 4.79 Å². The Morgan fingerprint density at radius 1 is 1.04 bits per heavy atom. The number of benzene rings is 2. The summed E-state index contributed by atoms with van der Waals surface area (Å²) in [6.07, 6.45) is 2.97. The molecule has 0 aromatic heterocycles. The van der Waals surface area contributed by atoms with Crippen LogP contribution in [0.15, 0.2) is 48.5 Å². The minimum atomic E-state index is 0.115. The lowest BCUT2D eigenvalue weighted by Crippen LogP contribution is -2.43. The van der Waals surface area contributed by atoms with Gasteiger partial charge in [-0.05, 0) is 62.3 Å². The van der Waals surface area contributed by atoms with Crippen molar-refractivity contribution in [3.8, 4) is 0 Å². The number of carbonyl (C=O) groups is 1. The van der Waals surface area contributed by atoms with Crippen molar-refractivity contribution >= 4 is 5.91 Å². The van der Waals surface area contributed by atoms with Crippen molar-refractivity contribution in [2.45, 2.75) is 46.1 Å². The molecule has 1 heterocycles. The van der Waals surface area contributed by atoms with Gasteiger partial charge >= 0.3 is 0 Å². The molecule has 0 unspecified atom stereocenters. The Hall–Kier alpha value is -2.09. The van der Waals surface area contributed by atoms with E-state index in [9.17, 15) is 4.79 Å². The first-order valence-electron chi connectivity index (χ1n) is 8.98. The molecule has 0 bridgehead atoms. The molecule has 0 aliphatic carbocycles. The Morgan fingerprint density at radius 2 is 1.71 bits per heavy atom. The lowest BCUT2D eigenvalue weighted by molar-refractivity contribution is -0.140. The van der Waals surface area contributed by atoms with E-state index < -0.39 is 0 Å². The fourth-order valence-corrected chi connectivity index (χ4v) is 3.88. The highest BCUT2D eigenvalue weighted by Gasteiger charge is 2.32.